The van der Waals surface area contributed by atoms with Crippen molar-refractivity contribution in [2.24, 2.45) is 0 Å². The van der Waals surface area contributed by atoms with E-state index in [1.807, 2.05) is 11.4 Å². The molecule has 2 N–H and O–H groups in total. The highest BCUT2D eigenvalue weighted by atomic mass is 79.9. The smallest absolute Gasteiger partial charge is 0.250 e. The van der Waals surface area contributed by atoms with Gasteiger partial charge in [-0.05, 0) is 22.0 Å². The van der Waals surface area contributed by atoms with Crippen molar-refractivity contribution in [1.82, 2.24) is 10.6 Å². The molecule has 1 aliphatic rings. The van der Waals surface area contributed by atoms with Gasteiger partial charge in [-0.15, -0.1) is 11.3 Å². The Hall–Kier alpha value is -0.430. The first-order chi connectivity index (χ1) is 7.75. The lowest BCUT2D eigenvalue weighted by molar-refractivity contribution is -0.134. The van der Waals surface area contributed by atoms with Gasteiger partial charge in [0.25, 0.3) is 5.91 Å². The molecule has 1 amide bonds. The molecule has 0 bridgehead atoms. The van der Waals surface area contributed by atoms with E-state index in [0.717, 1.165) is 15.9 Å². The van der Waals surface area contributed by atoms with E-state index in [4.69, 9.17) is 4.74 Å². The Balaban J connectivity index is 1.78. The van der Waals surface area contributed by atoms with Crippen molar-refractivity contribution in [2.45, 2.75) is 12.6 Å². The minimum Gasteiger partial charge on any atom is -0.366 e. The summed E-state index contributed by atoms with van der Waals surface area (Å²) in [6.45, 7) is 2.58. The van der Waals surface area contributed by atoms with Crippen LogP contribution in [-0.4, -0.2) is 31.7 Å². The maximum atomic E-state index is 11.7. The van der Waals surface area contributed by atoms with Gasteiger partial charge in [0.1, 0.15) is 6.10 Å². The predicted molar refractivity (Wildman–Crippen MR) is 66.5 cm³/mol. The molecule has 1 aromatic heterocycles. The van der Waals surface area contributed by atoms with Crippen LogP contribution in [0.2, 0.25) is 0 Å². The second-order valence-corrected chi connectivity index (χ2v) is 5.42. The molecule has 1 aliphatic heterocycles. The third-order valence-electron chi connectivity index (χ3n) is 2.28. The Morgan fingerprint density at radius 3 is 3.25 bits per heavy atom. The molecule has 2 heterocycles. The third-order valence-corrected chi connectivity index (χ3v) is 3.98. The van der Waals surface area contributed by atoms with E-state index in [1.54, 1.807) is 11.3 Å². The van der Waals surface area contributed by atoms with Crippen LogP contribution in [0, 0.1) is 0 Å². The first-order valence-corrected chi connectivity index (χ1v) is 6.76. The molecule has 4 nitrogen and oxygen atoms in total. The molecule has 2 rings (SSSR count). The Morgan fingerprint density at radius 1 is 1.75 bits per heavy atom. The van der Waals surface area contributed by atoms with Gasteiger partial charge in [-0.1, -0.05) is 0 Å². The lowest BCUT2D eigenvalue weighted by atomic mass is 10.3. The van der Waals surface area contributed by atoms with E-state index in [1.165, 1.54) is 0 Å². The Labute approximate surface area is 106 Å². The van der Waals surface area contributed by atoms with Gasteiger partial charge in [-0.2, -0.15) is 0 Å². The van der Waals surface area contributed by atoms with E-state index in [0.29, 0.717) is 19.7 Å². The Morgan fingerprint density at radius 2 is 2.62 bits per heavy atom. The van der Waals surface area contributed by atoms with E-state index >= 15 is 0 Å². The number of morpholine rings is 1. The SMILES string of the molecule is O=C(NCc1cc(Br)cs1)C1CNCCO1. The zero-order chi connectivity index (χ0) is 11.4. The number of carbonyl (C=O) groups is 1. The summed E-state index contributed by atoms with van der Waals surface area (Å²) in [5, 5.41) is 8.00. The molecule has 1 aromatic rings. The molecule has 1 atom stereocenters. The van der Waals surface area contributed by atoms with Gasteiger partial charge >= 0.3 is 0 Å². The number of halogens is 1. The van der Waals surface area contributed by atoms with E-state index in [9.17, 15) is 4.79 Å². The van der Waals surface area contributed by atoms with Crippen LogP contribution in [-0.2, 0) is 16.1 Å². The van der Waals surface area contributed by atoms with E-state index in [2.05, 4.69) is 26.6 Å². The Kier molecular flexibility index (Phi) is 4.34. The lowest BCUT2D eigenvalue weighted by Gasteiger charge is -2.22. The third kappa shape index (κ3) is 3.28. The molecule has 0 radical (unpaired) electrons. The van der Waals surface area contributed by atoms with Crippen molar-refractivity contribution in [3.63, 3.8) is 0 Å². The van der Waals surface area contributed by atoms with E-state index < -0.39 is 0 Å². The molecular weight excluding hydrogens is 292 g/mol. The minimum atomic E-state index is -0.350. The number of thiophene rings is 1. The molecule has 88 valence electrons. The maximum absolute atomic E-state index is 11.7. The number of carbonyl (C=O) groups excluding carboxylic acids is 1. The fraction of sp³-hybridized carbons (Fsp3) is 0.500. The van der Waals surface area contributed by atoms with Crippen molar-refractivity contribution < 1.29 is 9.53 Å². The lowest BCUT2D eigenvalue weighted by Crippen LogP contribution is -2.47. The van der Waals surface area contributed by atoms with Gasteiger partial charge in [-0.3, -0.25) is 4.79 Å². The second kappa shape index (κ2) is 5.77. The molecule has 0 spiro atoms. The molecule has 1 saturated heterocycles. The summed E-state index contributed by atoms with van der Waals surface area (Å²) in [6.07, 6.45) is -0.350. The van der Waals surface area contributed by atoms with Crippen molar-refractivity contribution >= 4 is 33.2 Å². The number of hydrogen-bond acceptors (Lipinski definition) is 4. The van der Waals surface area contributed by atoms with Crippen molar-refractivity contribution in [3.8, 4) is 0 Å². The molecule has 0 aliphatic carbocycles. The van der Waals surface area contributed by atoms with Crippen LogP contribution >= 0.6 is 27.3 Å². The summed E-state index contributed by atoms with van der Waals surface area (Å²) >= 11 is 5.00. The van der Waals surface area contributed by atoms with Gasteiger partial charge in [0, 0.05) is 27.8 Å². The average Bonchev–Trinajstić information content (AvgIpc) is 2.73. The predicted octanol–water partition coefficient (Wildman–Crippen LogP) is 1.12. The summed E-state index contributed by atoms with van der Waals surface area (Å²) in [5.41, 5.74) is 0. The van der Waals surface area contributed by atoms with Crippen LogP contribution < -0.4 is 10.6 Å². The van der Waals surface area contributed by atoms with Gasteiger partial charge in [-0.25, -0.2) is 0 Å². The van der Waals surface area contributed by atoms with Gasteiger partial charge in [0.15, 0.2) is 0 Å². The van der Waals surface area contributed by atoms with Crippen molar-refractivity contribution in [2.75, 3.05) is 19.7 Å². The summed E-state index contributed by atoms with van der Waals surface area (Å²) in [4.78, 5) is 12.8. The van der Waals surface area contributed by atoms with Crippen LogP contribution in [0.4, 0.5) is 0 Å². The highest BCUT2D eigenvalue weighted by Crippen LogP contribution is 2.19. The highest BCUT2D eigenvalue weighted by Gasteiger charge is 2.21. The fourth-order valence-corrected chi connectivity index (χ4v) is 2.86. The minimum absolute atomic E-state index is 0.0447. The highest BCUT2D eigenvalue weighted by molar-refractivity contribution is 9.10. The number of amides is 1. The van der Waals surface area contributed by atoms with Crippen LogP contribution in [0.15, 0.2) is 15.9 Å². The fourth-order valence-electron chi connectivity index (χ4n) is 1.47. The molecule has 0 aromatic carbocycles. The zero-order valence-electron chi connectivity index (χ0n) is 8.66. The summed E-state index contributed by atoms with van der Waals surface area (Å²) in [6, 6.07) is 2.00. The summed E-state index contributed by atoms with van der Waals surface area (Å²) < 4.78 is 6.41. The van der Waals surface area contributed by atoms with Crippen molar-refractivity contribution in [3.05, 3.63) is 20.8 Å². The van der Waals surface area contributed by atoms with Crippen molar-refractivity contribution in [1.29, 1.82) is 0 Å². The van der Waals surface area contributed by atoms with Crippen LogP contribution in [0.5, 0.6) is 0 Å². The van der Waals surface area contributed by atoms with Crippen LogP contribution in [0.1, 0.15) is 4.88 Å². The second-order valence-electron chi connectivity index (χ2n) is 3.51. The molecule has 1 unspecified atom stereocenters. The number of rotatable bonds is 3. The first kappa shape index (κ1) is 12.0. The zero-order valence-corrected chi connectivity index (χ0v) is 11.1. The normalized spacial score (nSPS) is 20.7. The number of ether oxygens (including phenoxy) is 1. The number of nitrogens with one attached hydrogen (secondary N) is 2. The Bertz CT molecular complexity index is 363. The molecule has 0 saturated carbocycles. The largest absolute Gasteiger partial charge is 0.366 e. The van der Waals surface area contributed by atoms with Crippen LogP contribution in [0.25, 0.3) is 0 Å². The first-order valence-electron chi connectivity index (χ1n) is 5.08. The molecule has 6 heteroatoms. The van der Waals surface area contributed by atoms with E-state index in [-0.39, 0.29) is 12.0 Å². The average molecular weight is 305 g/mol. The monoisotopic (exact) mass is 304 g/mol. The quantitative estimate of drug-likeness (QED) is 0.880. The number of hydrogen-bond donors (Lipinski definition) is 2. The van der Waals surface area contributed by atoms with Gasteiger partial charge in [0.2, 0.25) is 0 Å². The molecular formula is C10H13BrN2O2S. The molecule has 16 heavy (non-hydrogen) atoms. The summed E-state index contributed by atoms with van der Waals surface area (Å²) in [7, 11) is 0. The topological polar surface area (TPSA) is 50.4 Å². The molecule has 1 fully saturated rings. The van der Waals surface area contributed by atoms with Gasteiger partial charge in [0.05, 0.1) is 13.2 Å². The standard InChI is InChI=1S/C10H13BrN2O2S/c11-7-3-8(16-6-7)4-13-10(14)9-5-12-1-2-15-9/h3,6,9,12H,1-2,4-5H2,(H,13,14). The van der Waals surface area contributed by atoms with Gasteiger partial charge < -0.3 is 15.4 Å². The summed E-state index contributed by atoms with van der Waals surface area (Å²) in [5.74, 6) is -0.0447. The maximum Gasteiger partial charge on any atom is 0.250 e. The van der Waals surface area contributed by atoms with Crippen LogP contribution in [0.3, 0.4) is 0 Å².